The highest BCUT2D eigenvalue weighted by atomic mass is 32.2. The fraction of sp³-hybridized carbons (Fsp3) is 0.667. The Morgan fingerprint density at radius 3 is 1.42 bits per heavy atom. The van der Waals surface area contributed by atoms with Crippen LogP contribution < -0.4 is 0 Å². The predicted molar refractivity (Wildman–Crippen MR) is 41.6 cm³/mol. The molecule has 0 unspecified atom stereocenters. The zero-order valence-electron chi connectivity index (χ0n) is 8.28. The van der Waals surface area contributed by atoms with Crippen LogP contribution in [-0.2, 0) is 10.1 Å². The summed E-state index contributed by atoms with van der Waals surface area (Å²) in [5, 5.41) is -6.98. The summed E-state index contributed by atoms with van der Waals surface area (Å²) in [6.07, 6.45) is 0. The van der Waals surface area contributed by atoms with Gasteiger partial charge in [0.05, 0.1) is 0 Å². The lowest BCUT2D eigenvalue weighted by Gasteiger charge is -2.34. The van der Waals surface area contributed by atoms with Gasteiger partial charge >= 0.3 is 33.1 Å². The van der Waals surface area contributed by atoms with E-state index in [1.807, 2.05) is 0 Å². The van der Waals surface area contributed by atoms with E-state index < -0.39 is 39.0 Å². The van der Waals surface area contributed by atoms with Gasteiger partial charge in [0, 0.05) is 0 Å². The van der Waals surface area contributed by atoms with Crippen LogP contribution in [0, 0.1) is 0 Å². The Balaban J connectivity index is 6.14. The number of hydrogen-bond acceptors (Lipinski definition) is 2. The van der Waals surface area contributed by atoms with Crippen LogP contribution in [0.4, 0.5) is 39.5 Å². The average molecular weight is 326 g/mol. The number of rotatable bonds is 5. The highest BCUT2D eigenvalue weighted by Gasteiger charge is 2.85. The Labute approximate surface area is 99.0 Å². The molecule has 0 radical (unpaired) electrons. The van der Waals surface area contributed by atoms with Crippen LogP contribution in [-0.4, -0.2) is 36.0 Å². The highest BCUT2D eigenvalue weighted by Crippen LogP contribution is 2.55. The van der Waals surface area contributed by atoms with Crippen molar-refractivity contribution in [1.82, 2.24) is 0 Å². The summed E-state index contributed by atoms with van der Waals surface area (Å²) in [6.45, 7) is 1.56. The lowest BCUT2D eigenvalue weighted by molar-refractivity contribution is -0.341. The van der Waals surface area contributed by atoms with E-state index in [2.05, 4.69) is 0 Å². The minimum Gasteiger partial charge on any atom is -0.281 e. The van der Waals surface area contributed by atoms with Crippen LogP contribution in [0.25, 0.3) is 0 Å². The summed E-state index contributed by atoms with van der Waals surface area (Å²) >= 11 is 0. The van der Waals surface area contributed by atoms with Crippen molar-refractivity contribution in [3.05, 3.63) is 12.4 Å². The molecule has 0 aromatic rings. The topological polar surface area (TPSA) is 54.4 Å². The maximum absolute atomic E-state index is 12.6. The minimum absolute atomic E-state index is 1.56. The SMILES string of the molecule is C=C(F)C(F)(F)C(F)(F)C(F)(F)C(F)(F)S(=O)(=O)O. The van der Waals surface area contributed by atoms with Gasteiger partial charge in [-0.3, -0.25) is 4.55 Å². The summed E-state index contributed by atoms with van der Waals surface area (Å²) in [4.78, 5) is 0. The maximum atomic E-state index is 12.6. The van der Waals surface area contributed by atoms with Crippen molar-refractivity contribution in [2.75, 3.05) is 0 Å². The molecule has 114 valence electrons. The molecular weight excluding hydrogens is 323 g/mol. The van der Waals surface area contributed by atoms with Crippen molar-refractivity contribution in [1.29, 1.82) is 0 Å². The first kappa shape index (κ1) is 18.0. The van der Waals surface area contributed by atoms with E-state index >= 15 is 0 Å². The second-order valence-corrected chi connectivity index (χ2v) is 4.58. The molecule has 0 aliphatic rings. The molecule has 0 aromatic heterocycles. The Morgan fingerprint density at radius 2 is 1.21 bits per heavy atom. The summed E-state index contributed by atoms with van der Waals surface area (Å²) in [7, 11) is -7.18. The molecule has 0 saturated carbocycles. The van der Waals surface area contributed by atoms with Crippen LogP contribution >= 0.6 is 0 Å². The number of halogens is 9. The van der Waals surface area contributed by atoms with Gasteiger partial charge in [0.1, 0.15) is 0 Å². The maximum Gasteiger partial charge on any atom is 0.438 e. The second kappa shape index (κ2) is 4.26. The second-order valence-electron chi connectivity index (χ2n) is 3.12. The predicted octanol–water partition coefficient (Wildman–Crippen LogP) is 2.86. The third-order valence-corrected chi connectivity index (χ3v) is 2.72. The number of hydrogen-bond donors (Lipinski definition) is 1. The van der Waals surface area contributed by atoms with Gasteiger partial charge < -0.3 is 0 Å². The summed E-state index contributed by atoms with van der Waals surface area (Å²) in [5.74, 6) is -24.4. The molecule has 0 atom stereocenters. The fourth-order valence-electron chi connectivity index (χ4n) is 0.712. The minimum atomic E-state index is -7.31. The first-order chi connectivity index (χ1) is 7.94. The smallest absolute Gasteiger partial charge is 0.281 e. The van der Waals surface area contributed by atoms with Crippen molar-refractivity contribution in [3.8, 4) is 0 Å². The Bertz CT molecular complexity index is 480. The lowest BCUT2D eigenvalue weighted by Crippen LogP contribution is -2.64. The largest absolute Gasteiger partial charge is 0.438 e. The molecule has 0 aliphatic heterocycles. The van der Waals surface area contributed by atoms with Crippen molar-refractivity contribution >= 4 is 10.1 Å². The van der Waals surface area contributed by atoms with Crippen LogP contribution in [0.2, 0.25) is 0 Å². The molecule has 3 nitrogen and oxygen atoms in total. The molecule has 0 aromatic carbocycles. The van der Waals surface area contributed by atoms with E-state index in [0.717, 1.165) is 0 Å². The molecule has 0 fully saturated rings. The molecule has 0 aliphatic carbocycles. The first-order valence-electron chi connectivity index (χ1n) is 3.77. The third-order valence-electron chi connectivity index (χ3n) is 1.82. The third kappa shape index (κ3) is 2.28. The summed E-state index contributed by atoms with van der Waals surface area (Å²) < 4.78 is 140. The molecular formula is C6H3F9O3S. The van der Waals surface area contributed by atoms with Crippen LogP contribution in [0.15, 0.2) is 12.4 Å². The summed E-state index contributed by atoms with van der Waals surface area (Å²) in [5.41, 5.74) is 0. The molecule has 0 amide bonds. The molecule has 1 N–H and O–H groups in total. The van der Waals surface area contributed by atoms with E-state index in [9.17, 15) is 47.9 Å². The van der Waals surface area contributed by atoms with Crippen LogP contribution in [0.3, 0.4) is 0 Å². The van der Waals surface area contributed by atoms with Gasteiger partial charge in [-0.1, -0.05) is 6.58 Å². The van der Waals surface area contributed by atoms with Crippen molar-refractivity contribution in [3.63, 3.8) is 0 Å². The molecule has 0 spiro atoms. The molecule has 0 rings (SSSR count). The average Bonchev–Trinajstić information content (AvgIpc) is 2.14. The van der Waals surface area contributed by atoms with E-state index in [-0.39, 0.29) is 0 Å². The monoisotopic (exact) mass is 326 g/mol. The standard InChI is InChI=1S/C6H3F9O3S/c1-2(7)3(8,9)4(10,11)5(12,13)6(14,15)19(16,17)18/h1H2,(H,16,17,18). The number of allylic oxidation sites excluding steroid dienone is 1. The van der Waals surface area contributed by atoms with E-state index in [1.165, 1.54) is 0 Å². The Kier molecular flexibility index (Phi) is 4.04. The van der Waals surface area contributed by atoms with Gasteiger partial charge in [-0.15, -0.1) is 0 Å². The zero-order chi connectivity index (χ0) is 16.1. The molecule has 13 heteroatoms. The zero-order valence-corrected chi connectivity index (χ0v) is 9.10. The number of alkyl halides is 8. The molecule has 0 saturated heterocycles. The Hall–Kier alpha value is -0.980. The normalized spacial score (nSPS) is 15.5. The highest BCUT2D eigenvalue weighted by molar-refractivity contribution is 7.87. The fourth-order valence-corrected chi connectivity index (χ4v) is 1.16. The molecule has 0 heterocycles. The van der Waals surface area contributed by atoms with Crippen molar-refractivity contribution in [2.24, 2.45) is 0 Å². The summed E-state index contributed by atoms with van der Waals surface area (Å²) in [6, 6.07) is 0. The Morgan fingerprint density at radius 1 is 0.895 bits per heavy atom. The lowest BCUT2D eigenvalue weighted by atomic mass is 10.0. The van der Waals surface area contributed by atoms with E-state index in [0.29, 0.717) is 0 Å². The first-order valence-corrected chi connectivity index (χ1v) is 5.21. The van der Waals surface area contributed by atoms with Gasteiger partial charge in [0.2, 0.25) is 0 Å². The van der Waals surface area contributed by atoms with E-state index in [4.69, 9.17) is 4.55 Å². The molecule has 0 bridgehead atoms. The van der Waals surface area contributed by atoms with Gasteiger partial charge in [-0.05, 0) is 0 Å². The van der Waals surface area contributed by atoms with Crippen molar-refractivity contribution < 1.29 is 52.5 Å². The van der Waals surface area contributed by atoms with E-state index in [1.54, 1.807) is 6.58 Å². The van der Waals surface area contributed by atoms with Gasteiger partial charge in [0.25, 0.3) is 0 Å². The van der Waals surface area contributed by atoms with Crippen molar-refractivity contribution in [2.45, 2.75) is 23.0 Å². The van der Waals surface area contributed by atoms with Crippen LogP contribution in [0.1, 0.15) is 0 Å². The van der Waals surface area contributed by atoms with Gasteiger partial charge in [0.15, 0.2) is 5.83 Å². The van der Waals surface area contributed by atoms with Gasteiger partial charge in [-0.2, -0.15) is 43.5 Å². The molecule has 19 heavy (non-hydrogen) atoms. The van der Waals surface area contributed by atoms with Gasteiger partial charge in [-0.25, -0.2) is 4.39 Å². The van der Waals surface area contributed by atoms with Crippen LogP contribution in [0.5, 0.6) is 0 Å². The quantitative estimate of drug-likeness (QED) is 0.624.